The van der Waals surface area contributed by atoms with Crippen LogP contribution in [0.2, 0.25) is 0 Å². The number of methoxy groups -OCH3 is 1. The molecule has 1 aromatic carbocycles. The Balaban J connectivity index is 2.31. The lowest BCUT2D eigenvalue weighted by atomic mass is 10.1. The zero-order valence-corrected chi connectivity index (χ0v) is 13.2. The van der Waals surface area contributed by atoms with Gasteiger partial charge >= 0.3 is 0 Å². The highest BCUT2D eigenvalue weighted by molar-refractivity contribution is 7.89. The lowest BCUT2D eigenvalue weighted by Gasteiger charge is -2.12. The van der Waals surface area contributed by atoms with Crippen molar-refractivity contribution in [2.45, 2.75) is 32.2 Å². The number of hydrogen-bond donors (Lipinski definition) is 1. The number of aromatic nitrogens is 1. The molecule has 0 saturated heterocycles. The molecule has 114 valence electrons. The van der Waals surface area contributed by atoms with Crippen molar-refractivity contribution in [1.82, 2.24) is 9.71 Å². The van der Waals surface area contributed by atoms with E-state index in [2.05, 4.69) is 9.71 Å². The summed E-state index contributed by atoms with van der Waals surface area (Å²) < 4.78 is 37.7. The normalized spacial score (nSPS) is 11.6. The van der Waals surface area contributed by atoms with Gasteiger partial charge in [-0.05, 0) is 44.0 Å². The summed E-state index contributed by atoms with van der Waals surface area (Å²) in [5, 5.41) is 0. The van der Waals surface area contributed by atoms with Gasteiger partial charge in [-0.2, -0.15) is 0 Å². The number of benzene rings is 1. The molecular formula is C14H18N2O4S. The standard InChI is InChI=1S/C14H18N2O4S/c1-9-5-12(19-4)14(6-10(9)2)21(17,18)16-7-13-11(3)15-8-20-13/h5-6,8,16H,7H2,1-4H3. The fourth-order valence-electron chi connectivity index (χ4n) is 1.87. The predicted octanol–water partition coefficient (Wildman–Crippen LogP) is 2.09. The van der Waals surface area contributed by atoms with Crippen LogP contribution in [-0.4, -0.2) is 20.5 Å². The third kappa shape index (κ3) is 3.25. The Labute approximate surface area is 124 Å². The molecule has 21 heavy (non-hydrogen) atoms. The molecule has 0 radical (unpaired) electrons. The predicted molar refractivity (Wildman–Crippen MR) is 77.7 cm³/mol. The van der Waals surface area contributed by atoms with Crippen LogP contribution < -0.4 is 9.46 Å². The summed E-state index contributed by atoms with van der Waals surface area (Å²) in [6, 6.07) is 3.31. The first-order valence-corrected chi connectivity index (χ1v) is 7.87. The monoisotopic (exact) mass is 310 g/mol. The number of nitrogens with zero attached hydrogens (tertiary/aromatic N) is 1. The zero-order valence-electron chi connectivity index (χ0n) is 12.4. The first-order valence-electron chi connectivity index (χ1n) is 6.39. The van der Waals surface area contributed by atoms with Crippen LogP contribution >= 0.6 is 0 Å². The SMILES string of the molecule is COc1cc(C)c(C)cc1S(=O)(=O)NCc1ocnc1C. The second-order valence-corrected chi connectivity index (χ2v) is 6.51. The van der Waals surface area contributed by atoms with Crippen molar-refractivity contribution in [2.75, 3.05) is 7.11 Å². The van der Waals surface area contributed by atoms with E-state index in [9.17, 15) is 8.42 Å². The first-order chi connectivity index (χ1) is 9.85. The number of ether oxygens (including phenoxy) is 1. The van der Waals surface area contributed by atoms with Gasteiger partial charge in [0, 0.05) is 0 Å². The van der Waals surface area contributed by atoms with E-state index >= 15 is 0 Å². The third-order valence-corrected chi connectivity index (χ3v) is 4.76. The van der Waals surface area contributed by atoms with Crippen molar-refractivity contribution < 1.29 is 17.6 Å². The largest absolute Gasteiger partial charge is 0.495 e. The summed E-state index contributed by atoms with van der Waals surface area (Å²) in [4.78, 5) is 4.04. The quantitative estimate of drug-likeness (QED) is 0.914. The van der Waals surface area contributed by atoms with E-state index in [1.165, 1.54) is 13.5 Å². The molecule has 0 unspecified atom stereocenters. The Kier molecular flexibility index (Phi) is 4.34. The van der Waals surface area contributed by atoms with Crippen molar-refractivity contribution in [1.29, 1.82) is 0 Å². The Morgan fingerprint density at radius 3 is 2.48 bits per heavy atom. The van der Waals surface area contributed by atoms with Gasteiger partial charge in [-0.25, -0.2) is 18.1 Å². The maximum absolute atomic E-state index is 12.4. The lowest BCUT2D eigenvalue weighted by Crippen LogP contribution is -2.24. The molecule has 0 aliphatic heterocycles. The summed E-state index contributed by atoms with van der Waals surface area (Å²) in [5.74, 6) is 0.807. The summed E-state index contributed by atoms with van der Waals surface area (Å²) in [7, 11) is -2.25. The van der Waals surface area contributed by atoms with Crippen molar-refractivity contribution in [3.8, 4) is 5.75 Å². The minimum absolute atomic E-state index is 0.0459. The highest BCUT2D eigenvalue weighted by Gasteiger charge is 2.21. The third-order valence-electron chi connectivity index (χ3n) is 3.34. The molecule has 7 heteroatoms. The van der Waals surface area contributed by atoms with E-state index in [-0.39, 0.29) is 11.4 Å². The van der Waals surface area contributed by atoms with Gasteiger partial charge in [-0.15, -0.1) is 0 Å². The molecule has 0 aliphatic carbocycles. The van der Waals surface area contributed by atoms with Gasteiger partial charge in [0.05, 0.1) is 19.3 Å². The van der Waals surface area contributed by atoms with Gasteiger partial charge in [-0.3, -0.25) is 0 Å². The van der Waals surface area contributed by atoms with E-state index in [1.807, 2.05) is 13.8 Å². The van der Waals surface area contributed by atoms with Crippen LogP contribution in [0.5, 0.6) is 5.75 Å². The molecule has 0 amide bonds. The number of aryl methyl sites for hydroxylation is 3. The molecule has 0 bridgehead atoms. The average molecular weight is 310 g/mol. The van der Waals surface area contributed by atoms with Crippen LogP contribution in [0.1, 0.15) is 22.6 Å². The molecule has 0 spiro atoms. The maximum atomic E-state index is 12.4. The molecule has 0 saturated carbocycles. The summed E-state index contributed by atoms with van der Waals surface area (Å²) in [5.41, 5.74) is 2.51. The van der Waals surface area contributed by atoms with E-state index in [1.54, 1.807) is 19.1 Å². The molecule has 1 heterocycles. The Bertz CT molecular complexity index is 750. The summed E-state index contributed by atoms with van der Waals surface area (Å²) in [6.07, 6.45) is 1.29. The molecule has 2 rings (SSSR count). The topological polar surface area (TPSA) is 81.4 Å². The number of hydrogen-bond acceptors (Lipinski definition) is 5. The van der Waals surface area contributed by atoms with Crippen molar-refractivity contribution in [2.24, 2.45) is 0 Å². The van der Waals surface area contributed by atoms with Crippen LogP contribution in [0.25, 0.3) is 0 Å². The summed E-state index contributed by atoms with van der Waals surface area (Å²) >= 11 is 0. The summed E-state index contributed by atoms with van der Waals surface area (Å²) in [6.45, 7) is 5.56. The maximum Gasteiger partial charge on any atom is 0.244 e. The minimum Gasteiger partial charge on any atom is -0.495 e. The zero-order chi connectivity index (χ0) is 15.6. The smallest absolute Gasteiger partial charge is 0.244 e. The number of oxazole rings is 1. The molecule has 2 aromatic rings. The molecule has 1 N–H and O–H groups in total. The van der Waals surface area contributed by atoms with E-state index < -0.39 is 10.0 Å². The Morgan fingerprint density at radius 2 is 1.90 bits per heavy atom. The number of nitrogens with one attached hydrogen (secondary N) is 1. The van der Waals surface area contributed by atoms with E-state index in [0.29, 0.717) is 17.2 Å². The molecule has 0 aliphatic rings. The van der Waals surface area contributed by atoms with Gasteiger partial charge in [0.15, 0.2) is 6.39 Å². The van der Waals surface area contributed by atoms with E-state index in [0.717, 1.165) is 11.1 Å². The fourth-order valence-corrected chi connectivity index (χ4v) is 3.08. The molecule has 0 atom stereocenters. The fraction of sp³-hybridized carbons (Fsp3) is 0.357. The van der Waals surface area contributed by atoms with Crippen LogP contribution in [-0.2, 0) is 16.6 Å². The molecule has 6 nitrogen and oxygen atoms in total. The first kappa shape index (κ1) is 15.5. The lowest BCUT2D eigenvalue weighted by molar-refractivity contribution is 0.401. The number of rotatable bonds is 5. The van der Waals surface area contributed by atoms with Gasteiger partial charge in [0.2, 0.25) is 10.0 Å². The van der Waals surface area contributed by atoms with Crippen molar-refractivity contribution in [3.05, 3.63) is 41.1 Å². The van der Waals surface area contributed by atoms with Gasteiger partial charge in [0.1, 0.15) is 16.4 Å². The van der Waals surface area contributed by atoms with Crippen LogP contribution in [0.3, 0.4) is 0 Å². The van der Waals surface area contributed by atoms with Gasteiger partial charge in [-0.1, -0.05) is 0 Å². The van der Waals surface area contributed by atoms with Crippen LogP contribution in [0, 0.1) is 20.8 Å². The molecule has 0 fully saturated rings. The van der Waals surface area contributed by atoms with E-state index in [4.69, 9.17) is 9.15 Å². The van der Waals surface area contributed by atoms with Crippen LogP contribution in [0.4, 0.5) is 0 Å². The minimum atomic E-state index is -3.70. The highest BCUT2D eigenvalue weighted by Crippen LogP contribution is 2.27. The molecular weight excluding hydrogens is 292 g/mol. The second kappa shape index (κ2) is 5.87. The Morgan fingerprint density at radius 1 is 1.24 bits per heavy atom. The van der Waals surface area contributed by atoms with Crippen LogP contribution in [0.15, 0.2) is 27.8 Å². The Hall–Kier alpha value is -1.86. The highest BCUT2D eigenvalue weighted by atomic mass is 32.2. The number of sulfonamides is 1. The van der Waals surface area contributed by atoms with Gasteiger partial charge in [0.25, 0.3) is 0 Å². The van der Waals surface area contributed by atoms with Crippen molar-refractivity contribution >= 4 is 10.0 Å². The van der Waals surface area contributed by atoms with Crippen molar-refractivity contribution in [3.63, 3.8) is 0 Å². The second-order valence-electron chi connectivity index (χ2n) is 4.77. The average Bonchev–Trinajstić information content (AvgIpc) is 2.84. The van der Waals surface area contributed by atoms with Gasteiger partial charge < -0.3 is 9.15 Å². The molecule has 1 aromatic heterocycles.